The Bertz CT molecular complexity index is 426. The summed E-state index contributed by atoms with van der Waals surface area (Å²) in [5.74, 6) is 1.06. The average molecular weight is 356 g/mol. The van der Waals surface area contributed by atoms with Crippen LogP contribution >= 0.6 is 0 Å². The predicted molar refractivity (Wildman–Crippen MR) is 103 cm³/mol. The zero-order valence-electron chi connectivity index (χ0n) is 16.8. The number of guanidine groups is 1. The molecule has 0 aliphatic carbocycles. The number of rotatable bonds is 9. The van der Waals surface area contributed by atoms with E-state index in [1.54, 1.807) is 7.05 Å². The second-order valence-corrected chi connectivity index (χ2v) is 7.19. The summed E-state index contributed by atoms with van der Waals surface area (Å²) >= 11 is 0. The van der Waals surface area contributed by atoms with Gasteiger partial charge in [-0.05, 0) is 33.9 Å². The van der Waals surface area contributed by atoms with E-state index in [4.69, 9.17) is 4.74 Å². The van der Waals surface area contributed by atoms with Crippen LogP contribution < -0.4 is 10.6 Å². The molecule has 0 radical (unpaired) electrons. The van der Waals surface area contributed by atoms with Crippen LogP contribution in [0, 0.1) is 5.92 Å². The van der Waals surface area contributed by atoms with E-state index in [-0.39, 0.29) is 24.0 Å². The lowest BCUT2D eigenvalue weighted by Gasteiger charge is -2.23. The molecule has 0 bridgehead atoms. The first kappa shape index (κ1) is 21.7. The third-order valence-electron chi connectivity index (χ3n) is 4.36. The molecule has 0 aromatic heterocycles. The van der Waals surface area contributed by atoms with Crippen molar-refractivity contribution in [3.05, 3.63) is 0 Å². The van der Waals surface area contributed by atoms with Crippen LogP contribution in [-0.4, -0.2) is 87.7 Å². The van der Waals surface area contributed by atoms with Gasteiger partial charge >= 0.3 is 0 Å². The first-order valence-electron chi connectivity index (χ1n) is 9.39. The van der Waals surface area contributed by atoms with Crippen molar-refractivity contribution >= 4 is 11.9 Å². The molecule has 0 aromatic rings. The van der Waals surface area contributed by atoms with Crippen LogP contribution in [0.5, 0.6) is 0 Å². The van der Waals surface area contributed by atoms with E-state index in [2.05, 4.69) is 34.6 Å². The maximum Gasteiger partial charge on any atom is 0.225 e. The zero-order valence-corrected chi connectivity index (χ0v) is 16.8. The number of carbonyl (C=O) groups excluding carboxylic acids is 1. The molecular formula is C18H37N5O2. The Balaban J connectivity index is 2.42. The van der Waals surface area contributed by atoms with Gasteiger partial charge in [0.15, 0.2) is 5.96 Å². The van der Waals surface area contributed by atoms with E-state index in [1.807, 2.05) is 25.7 Å². The fraction of sp³-hybridized carbons (Fsp3) is 0.889. The van der Waals surface area contributed by atoms with Crippen LogP contribution in [0.4, 0.5) is 0 Å². The Morgan fingerprint density at radius 3 is 2.68 bits per heavy atom. The molecule has 0 aromatic carbocycles. The van der Waals surface area contributed by atoms with Gasteiger partial charge in [0.2, 0.25) is 5.91 Å². The van der Waals surface area contributed by atoms with Gasteiger partial charge in [0.1, 0.15) is 0 Å². The fourth-order valence-electron chi connectivity index (χ4n) is 2.92. The van der Waals surface area contributed by atoms with Gasteiger partial charge < -0.3 is 25.2 Å². The van der Waals surface area contributed by atoms with Gasteiger partial charge in [0.05, 0.1) is 6.10 Å². The van der Waals surface area contributed by atoms with Crippen molar-refractivity contribution in [3.63, 3.8) is 0 Å². The summed E-state index contributed by atoms with van der Waals surface area (Å²) in [5, 5.41) is 6.79. The van der Waals surface area contributed by atoms with Gasteiger partial charge in [0, 0.05) is 51.8 Å². The van der Waals surface area contributed by atoms with Crippen LogP contribution in [0.15, 0.2) is 4.99 Å². The van der Waals surface area contributed by atoms with Crippen LogP contribution in [0.25, 0.3) is 0 Å². The molecule has 25 heavy (non-hydrogen) atoms. The molecule has 1 aliphatic heterocycles. The summed E-state index contributed by atoms with van der Waals surface area (Å²) in [6, 6.07) is 0.251. The molecule has 1 heterocycles. The Morgan fingerprint density at radius 1 is 1.40 bits per heavy atom. The van der Waals surface area contributed by atoms with Gasteiger partial charge in [-0.25, -0.2) is 0 Å². The number of hydrogen-bond donors (Lipinski definition) is 2. The molecule has 7 heteroatoms. The predicted octanol–water partition coefficient (Wildman–Crippen LogP) is 0.765. The smallest absolute Gasteiger partial charge is 0.225 e. The van der Waals surface area contributed by atoms with Crippen molar-refractivity contribution in [1.29, 1.82) is 0 Å². The normalized spacial score (nSPS) is 19.6. The Morgan fingerprint density at radius 2 is 2.12 bits per heavy atom. The Hall–Kier alpha value is -1.34. The lowest BCUT2D eigenvalue weighted by atomic mass is 10.2. The maximum absolute atomic E-state index is 12.1. The summed E-state index contributed by atoms with van der Waals surface area (Å²) in [4.78, 5) is 20.5. The van der Waals surface area contributed by atoms with E-state index < -0.39 is 0 Å². The second-order valence-electron chi connectivity index (χ2n) is 7.19. The first-order chi connectivity index (χ1) is 11.9. The molecule has 1 aliphatic rings. The number of likely N-dealkylation sites (tertiary alicyclic amines) is 1. The molecule has 0 saturated carbocycles. The molecule has 1 amide bonds. The molecule has 0 spiro atoms. The largest absolute Gasteiger partial charge is 0.377 e. The number of nitrogens with zero attached hydrogens (tertiary/aromatic N) is 3. The standard InChI is InChI=1S/C18H37N5O2/c1-7-25-16(9-10-22(5)6)12-20-18(19-4)21-15-8-11-23(13-15)17(24)14(2)3/h14-16H,7-13H2,1-6H3,(H2,19,20,21). The van der Waals surface area contributed by atoms with E-state index in [9.17, 15) is 4.79 Å². The third kappa shape index (κ3) is 8.05. The van der Waals surface area contributed by atoms with Crippen molar-refractivity contribution in [3.8, 4) is 0 Å². The van der Waals surface area contributed by atoms with Gasteiger partial charge in [0.25, 0.3) is 0 Å². The van der Waals surface area contributed by atoms with Crippen molar-refractivity contribution in [2.45, 2.75) is 45.8 Å². The molecule has 1 rings (SSSR count). The highest BCUT2D eigenvalue weighted by molar-refractivity contribution is 5.81. The topological polar surface area (TPSA) is 69.2 Å². The zero-order chi connectivity index (χ0) is 18.8. The van der Waals surface area contributed by atoms with E-state index in [0.717, 1.165) is 45.0 Å². The Labute approximate surface area is 153 Å². The van der Waals surface area contributed by atoms with Crippen molar-refractivity contribution < 1.29 is 9.53 Å². The third-order valence-corrected chi connectivity index (χ3v) is 4.36. The molecule has 2 atom stereocenters. The van der Waals surface area contributed by atoms with Gasteiger partial charge in [-0.15, -0.1) is 0 Å². The summed E-state index contributed by atoms with van der Waals surface area (Å²) < 4.78 is 5.81. The lowest BCUT2D eigenvalue weighted by molar-refractivity contribution is -0.133. The van der Waals surface area contributed by atoms with Crippen molar-refractivity contribution in [2.24, 2.45) is 10.9 Å². The maximum atomic E-state index is 12.1. The summed E-state index contributed by atoms with van der Waals surface area (Å²) in [7, 11) is 5.92. The van der Waals surface area contributed by atoms with Crippen molar-refractivity contribution in [2.75, 3.05) is 53.9 Å². The molecule has 146 valence electrons. The number of nitrogens with one attached hydrogen (secondary N) is 2. The lowest BCUT2D eigenvalue weighted by Crippen LogP contribution is -2.47. The minimum absolute atomic E-state index is 0.0554. The summed E-state index contributed by atoms with van der Waals surface area (Å²) in [5.41, 5.74) is 0. The molecule has 1 saturated heterocycles. The number of hydrogen-bond acceptors (Lipinski definition) is 4. The monoisotopic (exact) mass is 355 g/mol. The highest BCUT2D eigenvalue weighted by Gasteiger charge is 2.28. The number of aliphatic imine (C=N–C) groups is 1. The number of amides is 1. The molecule has 2 unspecified atom stereocenters. The summed E-state index contributed by atoms with van der Waals surface area (Å²) in [6.07, 6.45) is 2.09. The van der Waals surface area contributed by atoms with Gasteiger partial charge in [-0.1, -0.05) is 13.8 Å². The van der Waals surface area contributed by atoms with Crippen LogP contribution in [0.2, 0.25) is 0 Å². The second kappa shape index (κ2) is 11.3. The van der Waals surface area contributed by atoms with Crippen LogP contribution in [0.3, 0.4) is 0 Å². The molecule has 2 N–H and O–H groups in total. The highest BCUT2D eigenvalue weighted by Crippen LogP contribution is 2.12. The molecule has 7 nitrogen and oxygen atoms in total. The SMILES string of the molecule is CCOC(CCN(C)C)CNC(=NC)NC1CCN(C(=O)C(C)C)C1. The molecule has 1 fully saturated rings. The summed E-state index contributed by atoms with van der Waals surface area (Å²) in [6.45, 7) is 9.91. The van der Waals surface area contributed by atoms with Gasteiger partial charge in [-0.3, -0.25) is 9.79 Å². The van der Waals surface area contributed by atoms with E-state index in [0.29, 0.717) is 6.61 Å². The fourth-order valence-corrected chi connectivity index (χ4v) is 2.92. The average Bonchev–Trinajstić information content (AvgIpc) is 3.03. The van der Waals surface area contributed by atoms with E-state index >= 15 is 0 Å². The van der Waals surface area contributed by atoms with Crippen LogP contribution in [-0.2, 0) is 9.53 Å². The minimum atomic E-state index is 0.0554. The van der Waals surface area contributed by atoms with Crippen molar-refractivity contribution in [1.82, 2.24) is 20.4 Å². The number of ether oxygens (including phenoxy) is 1. The number of carbonyl (C=O) groups is 1. The Kier molecular flexibility index (Phi) is 9.82. The highest BCUT2D eigenvalue weighted by atomic mass is 16.5. The molecular weight excluding hydrogens is 318 g/mol. The minimum Gasteiger partial charge on any atom is -0.377 e. The first-order valence-corrected chi connectivity index (χ1v) is 9.39. The van der Waals surface area contributed by atoms with Gasteiger partial charge in [-0.2, -0.15) is 0 Å². The van der Waals surface area contributed by atoms with E-state index in [1.165, 1.54) is 0 Å². The van der Waals surface area contributed by atoms with Crippen LogP contribution in [0.1, 0.15) is 33.6 Å². The quantitative estimate of drug-likeness (QED) is 0.472.